The van der Waals surface area contributed by atoms with Crippen LogP contribution in [0.4, 0.5) is 0 Å². The van der Waals surface area contributed by atoms with Gasteiger partial charge < -0.3 is 5.11 Å². The van der Waals surface area contributed by atoms with Crippen LogP contribution in [0.1, 0.15) is 62.5 Å². The van der Waals surface area contributed by atoms with Gasteiger partial charge in [0.15, 0.2) is 0 Å². The minimum atomic E-state index is -0.444. The Morgan fingerprint density at radius 2 is 1.95 bits per heavy atom. The van der Waals surface area contributed by atoms with E-state index in [9.17, 15) is 5.11 Å². The molecule has 2 unspecified atom stereocenters. The fraction of sp³-hybridized carbons (Fsp3) is 0.471. The Hall–Kier alpha value is -1.61. The molecule has 0 aliphatic heterocycles. The number of hydrogen-bond donors (Lipinski definition) is 1. The molecular formula is C17H24N2O. The lowest BCUT2D eigenvalue weighted by atomic mass is 9.94. The van der Waals surface area contributed by atoms with Gasteiger partial charge in [0.25, 0.3) is 0 Å². The third kappa shape index (κ3) is 2.93. The van der Waals surface area contributed by atoms with E-state index < -0.39 is 6.10 Å². The summed E-state index contributed by atoms with van der Waals surface area (Å²) in [5, 5.41) is 14.7. The summed E-state index contributed by atoms with van der Waals surface area (Å²) in [6.45, 7) is 8.39. The zero-order chi connectivity index (χ0) is 14.7. The number of benzene rings is 1. The molecule has 1 heterocycles. The van der Waals surface area contributed by atoms with Crippen molar-refractivity contribution in [1.82, 2.24) is 9.78 Å². The monoisotopic (exact) mass is 272 g/mol. The van der Waals surface area contributed by atoms with Gasteiger partial charge in [-0.05, 0) is 43.4 Å². The van der Waals surface area contributed by atoms with Crippen molar-refractivity contribution in [1.29, 1.82) is 0 Å². The molecule has 1 N–H and O–H groups in total. The summed E-state index contributed by atoms with van der Waals surface area (Å²) in [5.74, 6) is 0.512. The summed E-state index contributed by atoms with van der Waals surface area (Å²) in [4.78, 5) is 0. The van der Waals surface area contributed by atoms with Gasteiger partial charge >= 0.3 is 0 Å². The molecule has 20 heavy (non-hydrogen) atoms. The Morgan fingerprint density at radius 3 is 2.50 bits per heavy atom. The Morgan fingerprint density at radius 1 is 1.20 bits per heavy atom. The van der Waals surface area contributed by atoms with E-state index in [-0.39, 0.29) is 0 Å². The molecule has 0 fully saturated rings. The smallest absolute Gasteiger partial charge is 0.0808 e. The molecule has 1 aromatic carbocycles. The summed E-state index contributed by atoms with van der Waals surface area (Å²) in [7, 11) is 0. The highest BCUT2D eigenvalue weighted by Crippen LogP contribution is 2.28. The second-order valence-corrected chi connectivity index (χ2v) is 5.45. The Kier molecular flexibility index (Phi) is 4.61. The van der Waals surface area contributed by atoms with Crippen LogP contribution in [0, 0.1) is 6.92 Å². The molecule has 0 bridgehead atoms. The minimum absolute atomic E-state index is 0.444. The van der Waals surface area contributed by atoms with Crippen molar-refractivity contribution in [3.8, 4) is 5.69 Å². The van der Waals surface area contributed by atoms with Gasteiger partial charge in [0.1, 0.15) is 0 Å². The standard InChI is InChI=1S/C17H24N2O/c1-5-12(3)14-7-8-15(17(20)6-2)16(11-14)19-10-9-13(4)18-19/h7-12,17,20H,5-6H2,1-4H3. The van der Waals surface area contributed by atoms with E-state index in [2.05, 4.69) is 31.1 Å². The number of hydrogen-bond acceptors (Lipinski definition) is 2. The van der Waals surface area contributed by atoms with Crippen LogP contribution >= 0.6 is 0 Å². The third-order valence-corrected chi connectivity index (χ3v) is 3.95. The molecule has 0 saturated heterocycles. The maximum atomic E-state index is 10.2. The highest BCUT2D eigenvalue weighted by atomic mass is 16.3. The molecule has 3 nitrogen and oxygen atoms in total. The summed E-state index contributed by atoms with van der Waals surface area (Å²) >= 11 is 0. The highest BCUT2D eigenvalue weighted by Gasteiger charge is 2.15. The molecule has 2 atom stereocenters. The van der Waals surface area contributed by atoms with Crippen molar-refractivity contribution in [3.63, 3.8) is 0 Å². The normalized spacial score (nSPS) is 14.2. The predicted molar refractivity (Wildman–Crippen MR) is 82.3 cm³/mol. The van der Waals surface area contributed by atoms with Crippen LogP contribution in [0.2, 0.25) is 0 Å². The highest BCUT2D eigenvalue weighted by molar-refractivity contribution is 5.45. The van der Waals surface area contributed by atoms with Gasteiger partial charge in [-0.1, -0.05) is 32.9 Å². The lowest BCUT2D eigenvalue weighted by Gasteiger charge is -2.18. The van der Waals surface area contributed by atoms with Gasteiger partial charge in [-0.3, -0.25) is 0 Å². The number of nitrogens with zero attached hydrogens (tertiary/aromatic N) is 2. The van der Waals surface area contributed by atoms with Gasteiger partial charge in [0.05, 0.1) is 17.5 Å². The van der Waals surface area contributed by atoms with Crippen LogP contribution in [0.5, 0.6) is 0 Å². The summed E-state index contributed by atoms with van der Waals surface area (Å²) in [6, 6.07) is 8.32. The predicted octanol–water partition coefficient (Wildman–Crippen LogP) is 4.14. The third-order valence-electron chi connectivity index (χ3n) is 3.95. The van der Waals surface area contributed by atoms with E-state index >= 15 is 0 Å². The molecule has 0 radical (unpaired) electrons. The summed E-state index contributed by atoms with van der Waals surface area (Å²) in [5.41, 5.74) is 4.21. The minimum Gasteiger partial charge on any atom is -0.388 e. The molecule has 0 spiro atoms. The van der Waals surface area contributed by atoms with Gasteiger partial charge in [0, 0.05) is 11.8 Å². The van der Waals surface area contributed by atoms with Crippen molar-refractivity contribution in [2.24, 2.45) is 0 Å². The number of aliphatic hydroxyl groups excluding tert-OH is 1. The van der Waals surface area contributed by atoms with Crippen LogP contribution in [-0.2, 0) is 0 Å². The van der Waals surface area contributed by atoms with Crippen molar-refractivity contribution >= 4 is 0 Å². The number of aryl methyl sites for hydroxylation is 1. The largest absolute Gasteiger partial charge is 0.388 e. The van der Waals surface area contributed by atoms with Crippen LogP contribution in [0.25, 0.3) is 5.69 Å². The lowest BCUT2D eigenvalue weighted by Crippen LogP contribution is -2.07. The summed E-state index contributed by atoms with van der Waals surface area (Å²) < 4.78 is 1.87. The number of aliphatic hydroxyl groups is 1. The van der Waals surface area contributed by atoms with Crippen LogP contribution in [-0.4, -0.2) is 14.9 Å². The maximum absolute atomic E-state index is 10.2. The molecule has 0 saturated carbocycles. The number of rotatable bonds is 5. The Bertz CT molecular complexity index is 574. The molecule has 2 aromatic rings. The molecule has 2 rings (SSSR count). The first-order valence-electron chi connectivity index (χ1n) is 7.41. The fourth-order valence-corrected chi connectivity index (χ4v) is 2.35. The maximum Gasteiger partial charge on any atom is 0.0808 e. The van der Waals surface area contributed by atoms with E-state index in [1.54, 1.807) is 0 Å². The van der Waals surface area contributed by atoms with Crippen LogP contribution < -0.4 is 0 Å². The number of aromatic nitrogens is 2. The first-order chi connectivity index (χ1) is 9.56. The zero-order valence-electron chi connectivity index (χ0n) is 12.8. The van der Waals surface area contributed by atoms with E-state index in [0.717, 1.165) is 23.4 Å². The van der Waals surface area contributed by atoms with E-state index in [1.807, 2.05) is 36.9 Å². The van der Waals surface area contributed by atoms with Gasteiger partial charge in [-0.25, -0.2) is 4.68 Å². The van der Waals surface area contributed by atoms with E-state index in [4.69, 9.17) is 0 Å². The molecule has 3 heteroatoms. The van der Waals surface area contributed by atoms with Gasteiger partial charge in [0.2, 0.25) is 0 Å². The van der Waals surface area contributed by atoms with Crippen molar-refractivity contribution in [2.45, 2.75) is 52.6 Å². The van der Waals surface area contributed by atoms with E-state index in [1.165, 1.54) is 5.56 Å². The second kappa shape index (κ2) is 6.23. The molecule has 0 aliphatic carbocycles. The Balaban J connectivity index is 2.53. The van der Waals surface area contributed by atoms with E-state index in [0.29, 0.717) is 12.3 Å². The van der Waals surface area contributed by atoms with Crippen molar-refractivity contribution < 1.29 is 5.11 Å². The fourth-order valence-electron chi connectivity index (χ4n) is 2.35. The van der Waals surface area contributed by atoms with Crippen LogP contribution in [0.3, 0.4) is 0 Å². The summed E-state index contributed by atoms with van der Waals surface area (Å²) in [6.07, 6.45) is 3.32. The topological polar surface area (TPSA) is 38.0 Å². The first kappa shape index (κ1) is 14.8. The Labute approximate surface area is 121 Å². The molecule has 1 aromatic heterocycles. The van der Waals surface area contributed by atoms with Crippen LogP contribution in [0.15, 0.2) is 30.5 Å². The molecule has 0 aliphatic rings. The molecule has 108 valence electrons. The first-order valence-corrected chi connectivity index (χ1v) is 7.41. The van der Waals surface area contributed by atoms with Crippen molar-refractivity contribution in [2.75, 3.05) is 0 Å². The second-order valence-electron chi connectivity index (χ2n) is 5.45. The quantitative estimate of drug-likeness (QED) is 0.888. The van der Waals surface area contributed by atoms with Crippen molar-refractivity contribution in [3.05, 3.63) is 47.3 Å². The lowest BCUT2D eigenvalue weighted by molar-refractivity contribution is 0.173. The zero-order valence-corrected chi connectivity index (χ0v) is 12.8. The van der Waals surface area contributed by atoms with Gasteiger partial charge in [-0.15, -0.1) is 0 Å². The SMILES string of the molecule is CCC(C)c1ccc(C(O)CC)c(-n2ccc(C)n2)c1. The average molecular weight is 272 g/mol. The average Bonchev–Trinajstić information content (AvgIpc) is 2.91. The molecular weight excluding hydrogens is 248 g/mol. The van der Waals surface area contributed by atoms with Gasteiger partial charge in [-0.2, -0.15) is 5.10 Å². The molecule has 0 amide bonds.